The molecule has 0 radical (unpaired) electrons. The van der Waals surface area contributed by atoms with Crippen molar-refractivity contribution in [2.45, 2.75) is 104 Å². The number of nitro groups is 2. The van der Waals surface area contributed by atoms with E-state index in [1.54, 1.807) is 13.8 Å². The molecule has 1 aromatic carbocycles. The van der Waals surface area contributed by atoms with Gasteiger partial charge in [-0.25, -0.2) is 5.01 Å². The van der Waals surface area contributed by atoms with Crippen LogP contribution in [0.5, 0.6) is 0 Å². The van der Waals surface area contributed by atoms with Crippen molar-refractivity contribution in [3.63, 3.8) is 0 Å². The molecule has 332 valence electrons. The van der Waals surface area contributed by atoms with Crippen LogP contribution in [0, 0.1) is 38.0 Å². The topological polar surface area (TPSA) is 372 Å². The number of nitrogens with zero attached hydrogens (tertiary/aromatic N) is 4. The standard InChI is InChI=1S/C36H57N13O11/c1-18(2)12-27(45-34(55)26-14-22(16-41-26)21(6)50)33(54)42-17-30(51)43-28(13-19(3)4)35(56)47(46-24-10-9-23(48(57)58)15-29(24)49(59)60)20(5)32(53)44-25(31(37)52)8-7-11-40-36(38)39/h9-10,15,18-20,22,25-28,41,46H,7-8,11-14,16-17H2,1-6H3,(H2,37,52)(H,42,54)(H,43,51)(H,44,53)(H,45,55)(H4,38,39,40)/t20-,22?,25-,26-,27-,28-/m0/s1. The number of carbonyl (C=O) groups is 7. The third-order valence-electron chi connectivity index (χ3n) is 9.37. The number of benzene rings is 1. The van der Waals surface area contributed by atoms with Crippen LogP contribution in [0.4, 0.5) is 17.1 Å². The number of guanidine groups is 1. The summed E-state index contributed by atoms with van der Waals surface area (Å²) in [5.41, 5.74) is 16.8. The summed E-state index contributed by atoms with van der Waals surface area (Å²) in [7, 11) is 0. The van der Waals surface area contributed by atoms with E-state index in [0.717, 1.165) is 12.1 Å². The summed E-state index contributed by atoms with van der Waals surface area (Å²) in [5.74, 6) is -5.87. The fraction of sp³-hybridized carbons (Fsp3) is 0.611. The smallest absolute Gasteiger partial charge is 0.300 e. The zero-order chi connectivity index (χ0) is 45.4. The fourth-order valence-corrected chi connectivity index (χ4v) is 6.17. The van der Waals surface area contributed by atoms with Gasteiger partial charge >= 0.3 is 5.69 Å². The van der Waals surface area contributed by atoms with Gasteiger partial charge in [-0.2, -0.15) is 0 Å². The van der Waals surface area contributed by atoms with E-state index in [1.807, 2.05) is 13.8 Å². The highest BCUT2D eigenvalue weighted by Crippen LogP contribution is 2.30. The second kappa shape index (κ2) is 23.2. The zero-order valence-electron chi connectivity index (χ0n) is 34.5. The van der Waals surface area contributed by atoms with Gasteiger partial charge in [0.2, 0.25) is 29.5 Å². The minimum Gasteiger partial charge on any atom is -0.370 e. The number of nitrogens with two attached hydrogens (primary N) is 3. The van der Waals surface area contributed by atoms with Gasteiger partial charge < -0.3 is 43.8 Å². The second-order valence-electron chi connectivity index (χ2n) is 15.3. The van der Waals surface area contributed by atoms with Crippen molar-refractivity contribution in [2.24, 2.45) is 39.9 Å². The number of nitrogens with one attached hydrogen (secondary N) is 6. The number of anilines is 1. The number of aliphatic imine (C=N–C) groups is 1. The quantitative estimate of drug-likeness (QED) is 0.0194. The van der Waals surface area contributed by atoms with Gasteiger partial charge in [0, 0.05) is 25.1 Å². The number of Topliss-reactive ketones (excluding diaryl/α,β-unsaturated/α-hetero) is 1. The van der Waals surface area contributed by atoms with E-state index < -0.39 is 99.1 Å². The number of carbonyl (C=O) groups excluding carboxylic acids is 7. The maximum Gasteiger partial charge on any atom is 0.300 e. The molecule has 1 aromatic rings. The van der Waals surface area contributed by atoms with E-state index >= 15 is 0 Å². The molecule has 0 aromatic heterocycles. The lowest BCUT2D eigenvalue weighted by atomic mass is 10.00. The Balaban J connectivity index is 2.39. The summed E-state index contributed by atoms with van der Waals surface area (Å²) in [5, 5.41) is 37.2. The lowest BCUT2D eigenvalue weighted by Gasteiger charge is -2.33. The van der Waals surface area contributed by atoms with Crippen molar-refractivity contribution in [1.29, 1.82) is 0 Å². The number of nitro benzene ring substituents is 2. The van der Waals surface area contributed by atoms with Crippen molar-refractivity contribution in [3.8, 4) is 0 Å². The maximum atomic E-state index is 14.4. The molecule has 1 heterocycles. The molecule has 2 rings (SSSR count). The number of ketones is 1. The molecule has 24 heteroatoms. The normalized spacial score (nSPS) is 16.7. The highest BCUT2D eigenvalue weighted by molar-refractivity contribution is 5.96. The van der Waals surface area contributed by atoms with Crippen LogP contribution in [0.2, 0.25) is 0 Å². The Kier molecular flexibility index (Phi) is 19.2. The van der Waals surface area contributed by atoms with Gasteiger partial charge in [-0.15, -0.1) is 0 Å². The summed E-state index contributed by atoms with van der Waals surface area (Å²) < 4.78 is 0. The van der Waals surface area contributed by atoms with Crippen LogP contribution in [-0.2, 0) is 33.6 Å². The first-order valence-corrected chi connectivity index (χ1v) is 19.3. The average Bonchev–Trinajstić information content (AvgIpc) is 3.67. The van der Waals surface area contributed by atoms with Crippen molar-refractivity contribution >= 4 is 64.2 Å². The molecule has 1 aliphatic heterocycles. The summed E-state index contributed by atoms with van der Waals surface area (Å²) >= 11 is 0. The van der Waals surface area contributed by atoms with E-state index in [4.69, 9.17) is 17.2 Å². The molecule has 60 heavy (non-hydrogen) atoms. The van der Waals surface area contributed by atoms with Crippen LogP contribution in [0.1, 0.15) is 73.6 Å². The summed E-state index contributed by atoms with van der Waals surface area (Å²) in [6.07, 6.45) is 0.611. The van der Waals surface area contributed by atoms with Gasteiger partial charge in [-0.3, -0.25) is 64.2 Å². The number of rotatable bonds is 24. The van der Waals surface area contributed by atoms with E-state index in [9.17, 15) is 53.8 Å². The minimum atomic E-state index is -1.58. The van der Waals surface area contributed by atoms with Crippen molar-refractivity contribution in [3.05, 3.63) is 38.4 Å². The molecular weight excluding hydrogens is 790 g/mol. The van der Waals surface area contributed by atoms with Gasteiger partial charge in [-0.05, 0) is 63.9 Å². The molecule has 0 saturated carbocycles. The van der Waals surface area contributed by atoms with Gasteiger partial charge in [-0.1, -0.05) is 27.7 Å². The van der Waals surface area contributed by atoms with Crippen LogP contribution < -0.4 is 49.2 Å². The summed E-state index contributed by atoms with van der Waals surface area (Å²) in [6, 6.07) is -3.51. The predicted molar refractivity (Wildman–Crippen MR) is 217 cm³/mol. The zero-order valence-corrected chi connectivity index (χ0v) is 34.5. The molecule has 0 aliphatic carbocycles. The first-order chi connectivity index (χ1) is 28.0. The van der Waals surface area contributed by atoms with Gasteiger partial charge in [0.15, 0.2) is 5.96 Å². The van der Waals surface area contributed by atoms with Gasteiger partial charge in [0.1, 0.15) is 35.6 Å². The Morgan fingerprint density at radius 1 is 0.883 bits per heavy atom. The Morgan fingerprint density at radius 3 is 2.05 bits per heavy atom. The van der Waals surface area contributed by atoms with E-state index in [1.165, 1.54) is 13.8 Å². The second-order valence-corrected chi connectivity index (χ2v) is 15.3. The minimum absolute atomic E-state index is 0.0168. The number of hydrogen-bond donors (Lipinski definition) is 9. The third-order valence-corrected chi connectivity index (χ3v) is 9.37. The van der Waals surface area contributed by atoms with Crippen molar-refractivity contribution in [1.82, 2.24) is 31.6 Å². The van der Waals surface area contributed by atoms with Gasteiger partial charge in [0.05, 0.1) is 28.5 Å². The molecule has 1 unspecified atom stereocenters. The molecule has 1 saturated heterocycles. The summed E-state index contributed by atoms with van der Waals surface area (Å²) in [4.78, 5) is 117. The molecule has 6 amide bonds. The molecule has 1 fully saturated rings. The number of hydrogen-bond acceptors (Lipinski definition) is 14. The van der Waals surface area contributed by atoms with E-state index in [2.05, 4.69) is 37.0 Å². The molecular formula is C36H57N13O11. The van der Waals surface area contributed by atoms with Crippen molar-refractivity contribution in [2.75, 3.05) is 25.1 Å². The highest BCUT2D eigenvalue weighted by Gasteiger charge is 2.37. The Labute approximate surface area is 346 Å². The fourth-order valence-electron chi connectivity index (χ4n) is 6.17. The Morgan fingerprint density at radius 2 is 1.52 bits per heavy atom. The van der Waals surface area contributed by atoms with E-state index in [0.29, 0.717) is 17.6 Å². The SMILES string of the molecule is CC(=O)C1CN[C@H](C(=O)N[C@@H](CC(C)C)C(=O)NCC(=O)N[C@@H](CC(C)C)C(=O)N(Nc2ccc([N+](=O)[O-])cc2[N+](=O)[O-])[C@@H](C)C(=O)N[C@@H](CCCN=C(N)N)C(N)=O)C1. The largest absolute Gasteiger partial charge is 0.370 e. The van der Waals surface area contributed by atoms with E-state index in [-0.39, 0.29) is 68.1 Å². The molecule has 12 N–H and O–H groups in total. The number of hydrazine groups is 1. The Bertz CT molecular complexity index is 1800. The number of non-ortho nitro benzene ring substituents is 1. The molecule has 6 atom stereocenters. The van der Waals surface area contributed by atoms with Crippen molar-refractivity contribution < 1.29 is 43.4 Å². The number of amides is 6. The molecule has 1 aliphatic rings. The number of primary amides is 1. The van der Waals surface area contributed by atoms with Gasteiger partial charge in [0.25, 0.3) is 11.6 Å². The lowest BCUT2D eigenvalue weighted by Crippen LogP contribution is -2.59. The molecule has 0 bridgehead atoms. The molecule has 24 nitrogen and oxygen atoms in total. The maximum absolute atomic E-state index is 14.4. The van der Waals surface area contributed by atoms with Crippen LogP contribution in [0.15, 0.2) is 23.2 Å². The molecule has 0 spiro atoms. The first-order valence-electron chi connectivity index (χ1n) is 19.3. The van der Waals surface area contributed by atoms with Crippen LogP contribution >= 0.6 is 0 Å². The van der Waals surface area contributed by atoms with Crippen LogP contribution in [0.25, 0.3) is 0 Å². The van der Waals surface area contributed by atoms with Crippen LogP contribution in [0.3, 0.4) is 0 Å². The van der Waals surface area contributed by atoms with Crippen LogP contribution in [-0.4, -0.2) is 112 Å². The lowest BCUT2D eigenvalue weighted by molar-refractivity contribution is -0.393. The first kappa shape index (κ1) is 49.7. The predicted octanol–water partition coefficient (Wildman–Crippen LogP) is -1.18. The highest BCUT2D eigenvalue weighted by atomic mass is 16.6. The third kappa shape index (κ3) is 15.7. The Hall–Kier alpha value is -6.46. The summed E-state index contributed by atoms with van der Waals surface area (Å²) in [6.45, 7) is 9.52. The monoisotopic (exact) mass is 847 g/mol. The average molecular weight is 848 g/mol.